The quantitative estimate of drug-likeness (QED) is 0.906. The molecule has 1 aromatic carbocycles. The molecule has 19 heavy (non-hydrogen) atoms. The van der Waals surface area contributed by atoms with E-state index in [1.807, 2.05) is 11.9 Å². The molecule has 2 rings (SSSR count). The predicted molar refractivity (Wildman–Crippen MR) is 79.6 cm³/mol. The first-order chi connectivity index (χ1) is 8.95. The van der Waals surface area contributed by atoms with Gasteiger partial charge in [-0.1, -0.05) is 17.7 Å². The van der Waals surface area contributed by atoms with Crippen LogP contribution in [0.3, 0.4) is 0 Å². The Bertz CT molecular complexity index is 473. The van der Waals surface area contributed by atoms with E-state index in [-0.39, 0.29) is 11.9 Å². The summed E-state index contributed by atoms with van der Waals surface area (Å²) in [5, 5.41) is 3.19. The molecule has 1 heterocycles. The number of carbonyl (C=O) groups is 1. The van der Waals surface area contributed by atoms with E-state index >= 15 is 0 Å². The zero-order chi connectivity index (χ0) is 14.2. The fourth-order valence-electron chi connectivity index (χ4n) is 3.32. The van der Waals surface area contributed by atoms with Gasteiger partial charge in [0.05, 0.1) is 0 Å². The first kappa shape index (κ1) is 14.1. The average molecular weight is 260 g/mol. The summed E-state index contributed by atoms with van der Waals surface area (Å²) < 4.78 is 0. The summed E-state index contributed by atoms with van der Waals surface area (Å²) in [7, 11) is 1.95. The van der Waals surface area contributed by atoms with Gasteiger partial charge in [-0.15, -0.1) is 0 Å². The van der Waals surface area contributed by atoms with E-state index in [0.29, 0.717) is 12.3 Å². The van der Waals surface area contributed by atoms with Crippen molar-refractivity contribution in [3.63, 3.8) is 0 Å². The van der Waals surface area contributed by atoms with E-state index in [0.717, 1.165) is 12.2 Å². The minimum absolute atomic E-state index is 0.253. The maximum atomic E-state index is 12.4. The van der Waals surface area contributed by atoms with Crippen molar-refractivity contribution >= 4 is 11.6 Å². The van der Waals surface area contributed by atoms with Gasteiger partial charge in [0.1, 0.15) is 0 Å². The van der Waals surface area contributed by atoms with Crippen LogP contribution < -0.4 is 10.2 Å². The molecule has 1 aliphatic heterocycles. The normalized spacial score (nSPS) is 23.2. The zero-order valence-electron chi connectivity index (χ0n) is 12.6. The summed E-state index contributed by atoms with van der Waals surface area (Å²) in [4.78, 5) is 14.4. The smallest absolute Gasteiger partial charge is 0.227 e. The standard InChI is InChI=1S/C16H24N2O/c1-10-6-11(2)16(12(3)7-10)18-13(4)14(9-17-5)8-15(18)19/h6-7,13-14,17H,8-9H2,1-5H3. The van der Waals surface area contributed by atoms with Gasteiger partial charge in [0.2, 0.25) is 5.91 Å². The number of nitrogens with zero attached hydrogens (tertiary/aromatic N) is 1. The molecule has 2 unspecified atom stereocenters. The molecule has 1 N–H and O–H groups in total. The maximum absolute atomic E-state index is 12.4. The van der Waals surface area contributed by atoms with Crippen molar-refractivity contribution in [1.82, 2.24) is 5.32 Å². The Balaban J connectivity index is 2.39. The lowest BCUT2D eigenvalue weighted by Crippen LogP contribution is -2.36. The Morgan fingerprint density at radius 2 is 1.84 bits per heavy atom. The highest BCUT2D eigenvalue weighted by molar-refractivity contribution is 5.98. The van der Waals surface area contributed by atoms with Crippen molar-refractivity contribution in [2.24, 2.45) is 5.92 Å². The number of aryl methyl sites for hydroxylation is 3. The summed E-state index contributed by atoms with van der Waals surface area (Å²) in [6.45, 7) is 9.35. The van der Waals surface area contributed by atoms with Crippen LogP contribution in [0.15, 0.2) is 12.1 Å². The number of anilines is 1. The van der Waals surface area contributed by atoms with Crippen LogP contribution in [0.1, 0.15) is 30.0 Å². The summed E-state index contributed by atoms with van der Waals surface area (Å²) >= 11 is 0. The second-order valence-electron chi connectivity index (χ2n) is 5.77. The van der Waals surface area contributed by atoms with E-state index in [9.17, 15) is 4.79 Å². The average Bonchev–Trinajstić information content (AvgIpc) is 2.56. The van der Waals surface area contributed by atoms with E-state index < -0.39 is 0 Å². The van der Waals surface area contributed by atoms with Crippen LogP contribution in [0.4, 0.5) is 5.69 Å². The Hall–Kier alpha value is -1.35. The highest BCUT2D eigenvalue weighted by Crippen LogP contribution is 2.35. The van der Waals surface area contributed by atoms with Crippen molar-refractivity contribution in [3.05, 3.63) is 28.8 Å². The third kappa shape index (κ3) is 2.52. The molecule has 3 nitrogen and oxygen atoms in total. The SMILES string of the molecule is CNCC1CC(=O)N(c2c(C)cc(C)cc2C)C1C. The number of amides is 1. The van der Waals surface area contributed by atoms with Gasteiger partial charge in [0, 0.05) is 30.6 Å². The molecule has 0 radical (unpaired) electrons. The Labute approximate surface area is 116 Å². The largest absolute Gasteiger partial charge is 0.319 e. The summed E-state index contributed by atoms with van der Waals surface area (Å²) in [6, 6.07) is 4.58. The van der Waals surface area contributed by atoms with Crippen LogP contribution in [0.5, 0.6) is 0 Å². The number of benzene rings is 1. The van der Waals surface area contributed by atoms with Gasteiger partial charge < -0.3 is 10.2 Å². The van der Waals surface area contributed by atoms with Crippen LogP contribution in [0.2, 0.25) is 0 Å². The molecule has 2 atom stereocenters. The molecule has 3 heteroatoms. The fraction of sp³-hybridized carbons (Fsp3) is 0.562. The van der Waals surface area contributed by atoms with Crippen LogP contribution in [0.25, 0.3) is 0 Å². The van der Waals surface area contributed by atoms with Crippen molar-refractivity contribution in [2.75, 3.05) is 18.5 Å². The molecular weight excluding hydrogens is 236 g/mol. The van der Waals surface area contributed by atoms with Gasteiger partial charge in [-0.2, -0.15) is 0 Å². The monoisotopic (exact) mass is 260 g/mol. The summed E-state index contributed by atoms with van der Waals surface area (Å²) in [5.74, 6) is 0.653. The molecule has 0 aromatic heterocycles. The van der Waals surface area contributed by atoms with Crippen LogP contribution in [0, 0.1) is 26.7 Å². The van der Waals surface area contributed by atoms with Gasteiger partial charge in [0.25, 0.3) is 0 Å². The summed E-state index contributed by atoms with van der Waals surface area (Å²) in [6.07, 6.45) is 0.648. The Morgan fingerprint density at radius 3 is 2.37 bits per heavy atom. The maximum Gasteiger partial charge on any atom is 0.227 e. The van der Waals surface area contributed by atoms with Crippen LogP contribution in [-0.2, 0) is 4.79 Å². The van der Waals surface area contributed by atoms with Crippen LogP contribution >= 0.6 is 0 Å². The van der Waals surface area contributed by atoms with Crippen molar-refractivity contribution in [1.29, 1.82) is 0 Å². The molecule has 1 amide bonds. The number of nitrogens with one attached hydrogen (secondary N) is 1. The lowest BCUT2D eigenvalue weighted by molar-refractivity contribution is -0.117. The molecule has 0 aliphatic carbocycles. The van der Waals surface area contributed by atoms with E-state index in [2.05, 4.69) is 45.1 Å². The van der Waals surface area contributed by atoms with E-state index in [1.165, 1.54) is 16.7 Å². The minimum Gasteiger partial charge on any atom is -0.319 e. The zero-order valence-corrected chi connectivity index (χ0v) is 12.6. The first-order valence-corrected chi connectivity index (χ1v) is 7.00. The van der Waals surface area contributed by atoms with Gasteiger partial charge >= 0.3 is 0 Å². The van der Waals surface area contributed by atoms with Crippen LogP contribution in [-0.4, -0.2) is 25.5 Å². The fourth-order valence-corrected chi connectivity index (χ4v) is 3.32. The second kappa shape index (κ2) is 5.33. The molecule has 0 bridgehead atoms. The number of hydrogen-bond acceptors (Lipinski definition) is 2. The number of hydrogen-bond donors (Lipinski definition) is 1. The molecule has 1 aromatic rings. The Kier molecular flexibility index (Phi) is 3.95. The van der Waals surface area contributed by atoms with E-state index in [1.54, 1.807) is 0 Å². The van der Waals surface area contributed by atoms with Gasteiger partial charge in [-0.05, 0) is 45.9 Å². The summed E-state index contributed by atoms with van der Waals surface area (Å²) in [5.41, 5.74) is 4.76. The minimum atomic E-state index is 0.253. The number of carbonyl (C=O) groups excluding carboxylic acids is 1. The topological polar surface area (TPSA) is 32.3 Å². The highest BCUT2D eigenvalue weighted by atomic mass is 16.2. The lowest BCUT2D eigenvalue weighted by Gasteiger charge is -2.28. The molecule has 0 spiro atoms. The van der Waals surface area contributed by atoms with Crippen molar-refractivity contribution in [3.8, 4) is 0 Å². The van der Waals surface area contributed by atoms with Gasteiger partial charge in [0.15, 0.2) is 0 Å². The molecule has 1 saturated heterocycles. The van der Waals surface area contributed by atoms with E-state index in [4.69, 9.17) is 0 Å². The number of rotatable bonds is 3. The molecule has 1 aliphatic rings. The van der Waals surface area contributed by atoms with Gasteiger partial charge in [-0.25, -0.2) is 0 Å². The highest BCUT2D eigenvalue weighted by Gasteiger charge is 2.38. The third-order valence-electron chi connectivity index (χ3n) is 4.14. The lowest BCUT2D eigenvalue weighted by atomic mass is 10.00. The molecule has 1 fully saturated rings. The van der Waals surface area contributed by atoms with Gasteiger partial charge in [-0.3, -0.25) is 4.79 Å². The molecule has 104 valence electrons. The van der Waals surface area contributed by atoms with Crippen molar-refractivity contribution in [2.45, 2.75) is 40.2 Å². The predicted octanol–water partition coefficient (Wildman–Crippen LogP) is 2.57. The first-order valence-electron chi connectivity index (χ1n) is 7.00. The molecule has 0 saturated carbocycles. The Morgan fingerprint density at radius 1 is 1.26 bits per heavy atom. The van der Waals surface area contributed by atoms with Crippen molar-refractivity contribution < 1.29 is 4.79 Å². The third-order valence-corrected chi connectivity index (χ3v) is 4.14. The second-order valence-corrected chi connectivity index (χ2v) is 5.77. The molecular formula is C16H24N2O.